The molecule has 0 saturated carbocycles. The van der Waals surface area contributed by atoms with Crippen LogP contribution in [0.5, 0.6) is 0 Å². The van der Waals surface area contributed by atoms with Crippen LogP contribution in [0.25, 0.3) is 0 Å². The van der Waals surface area contributed by atoms with Gasteiger partial charge in [-0.05, 0) is 52.0 Å². The van der Waals surface area contributed by atoms with E-state index in [9.17, 15) is 9.59 Å². The fourth-order valence-electron chi connectivity index (χ4n) is 2.59. The van der Waals surface area contributed by atoms with Crippen molar-refractivity contribution >= 4 is 23.4 Å². The maximum absolute atomic E-state index is 11.9. The molecule has 5 heteroatoms. The number of amides is 2. The first-order valence-corrected chi connectivity index (χ1v) is 9.75. The van der Waals surface area contributed by atoms with Gasteiger partial charge in [-0.1, -0.05) is 41.9 Å². The summed E-state index contributed by atoms with van der Waals surface area (Å²) in [6.07, 6.45) is 0. The van der Waals surface area contributed by atoms with Crippen molar-refractivity contribution in [1.82, 2.24) is 9.80 Å². The van der Waals surface area contributed by atoms with Gasteiger partial charge in [0.25, 0.3) is 11.8 Å². The van der Waals surface area contributed by atoms with Gasteiger partial charge < -0.3 is 9.80 Å². The smallest absolute Gasteiger partial charge is 0.255 e. The summed E-state index contributed by atoms with van der Waals surface area (Å²) in [5.74, 6) is 0.117. The van der Waals surface area contributed by atoms with Crippen LogP contribution in [0.2, 0.25) is 5.02 Å². The molecular weight excluding hydrogens is 360 g/mol. The molecule has 2 amide bonds. The normalized spacial score (nSPS) is 9.81. The third-order valence-corrected chi connectivity index (χ3v) is 4.56. The molecule has 0 fully saturated rings. The van der Waals surface area contributed by atoms with Crippen molar-refractivity contribution in [1.29, 1.82) is 0 Å². The van der Waals surface area contributed by atoms with Gasteiger partial charge in [0.05, 0.1) is 10.6 Å². The van der Waals surface area contributed by atoms with Crippen molar-refractivity contribution in [3.63, 3.8) is 0 Å². The molecular formula is C22H29ClN2O2. The third-order valence-electron chi connectivity index (χ3n) is 4.23. The molecule has 0 saturated heterocycles. The summed E-state index contributed by atoms with van der Waals surface area (Å²) < 4.78 is 0. The zero-order valence-electron chi connectivity index (χ0n) is 16.6. The van der Waals surface area contributed by atoms with Gasteiger partial charge in [-0.3, -0.25) is 9.59 Å². The fraction of sp³-hybridized carbons (Fsp3) is 0.364. The number of nitrogens with zero attached hydrogens (tertiary/aromatic N) is 2. The van der Waals surface area contributed by atoms with Crippen LogP contribution in [0.4, 0.5) is 0 Å². The van der Waals surface area contributed by atoms with Crippen molar-refractivity contribution < 1.29 is 9.59 Å². The van der Waals surface area contributed by atoms with E-state index in [2.05, 4.69) is 0 Å². The SMILES string of the molecule is CCN(CC)C(=O)c1ccccc1.CCN(CC)C(=O)c1ccccc1Cl. The number of carbonyl (C=O) groups is 2. The van der Waals surface area contributed by atoms with Crippen molar-refractivity contribution in [2.24, 2.45) is 0 Å². The van der Waals surface area contributed by atoms with Gasteiger partial charge in [0.2, 0.25) is 0 Å². The third kappa shape index (κ3) is 6.72. The highest BCUT2D eigenvalue weighted by atomic mass is 35.5. The van der Waals surface area contributed by atoms with Crippen LogP contribution in [0.15, 0.2) is 54.6 Å². The van der Waals surface area contributed by atoms with E-state index in [-0.39, 0.29) is 11.8 Å². The van der Waals surface area contributed by atoms with Crippen LogP contribution < -0.4 is 0 Å². The molecule has 2 aromatic carbocycles. The molecule has 0 aliphatic rings. The Morgan fingerprint density at radius 3 is 1.63 bits per heavy atom. The molecule has 146 valence electrons. The molecule has 0 bridgehead atoms. The molecule has 0 heterocycles. The zero-order chi connectivity index (χ0) is 20.2. The van der Waals surface area contributed by atoms with E-state index < -0.39 is 0 Å². The standard InChI is InChI=1S/C11H14ClNO.C11H15NO/c1-3-13(4-2)11(14)9-7-5-6-8-10(9)12;1-3-12(4-2)11(13)10-8-6-5-7-9-10/h5-8H,3-4H2,1-2H3;5-9H,3-4H2,1-2H3. The summed E-state index contributed by atoms with van der Waals surface area (Å²) in [5.41, 5.74) is 1.35. The Bertz CT molecular complexity index is 711. The lowest BCUT2D eigenvalue weighted by molar-refractivity contribution is 0.0765. The predicted molar refractivity (Wildman–Crippen MR) is 112 cm³/mol. The monoisotopic (exact) mass is 388 g/mol. The molecule has 0 unspecified atom stereocenters. The Labute approximate surface area is 167 Å². The summed E-state index contributed by atoms with van der Waals surface area (Å²) in [7, 11) is 0. The minimum Gasteiger partial charge on any atom is -0.339 e. The van der Waals surface area contributed by atoms with Crippen LogP contribution in [0.3, 0.4) is 0 Å². The molecule has 2 rings (SSSR count). The van der Waals surface area contributed by atoms with Gasteiger partial charge in [-0.15, -0.1) is 0 Å². The van der Waals surface area contributed by atoms with E-state index in [1.165, 1.54) is 0 Å². The minimum atomic E-state index is 0.000556. The van der Waals surface area contributed by atoms with Crippen LogP contribution in [-0.2, 0) is 0 Å². The summed E-state index contributed by atoms with van der Waals surface area (Å²) >= 11 is 5.93. The van der Waals surface area contributed by atoms with E-state index in [0.717, 1.165) is 18.7 Å². The lowest BCUT2D eigenvalue weighted by Gasteiger charge is -2.18. The number of halogens is 1. The van der Waals surface area contributed by atoms with Gasteiger partial charge in [0, 0.05) is 31.7 Å². The Morgan fingerprint density at radius 2 is 1.15 bits per heavy atom. The highest BCUT2D eigenvalue weighted by molar-refractivity contribution is 6.33. The molecule has 0 aromatic heterocycles. The molecule has 27 heavy (non-hydrogen) atoms. The molecule has 0 atom stereocenters. The van der Waals surface area contributed by atoms with Gasteiger partial charge in [0.1, 0.15) is 0 Å². The van der Waals surface area contributed by atoms with Gasteiger partial charge in [-0.25, -0.2) is 0 Å². The zero-order valence-corrected chi connectivity index (χ0v) is 17.4. The van der Waals surface area contributed by atoms with Crippen molar-refractivity contribution in [2.45, 2.75) is 27.7 Å². The van der Waals surface area contributed by atoms with E-state index in [0.29, 0.717) is 23.7 Å². The first kappa shape index (κ1) is 22.7. The largest absolute Gasteiger partial charge is 0.339 e. The van der Waals surface area contributed by atoms with E-state index in [1.807, 2.05) is 75.1 Å². The van der Waals surface area contributed by atoms with Crippen LogP contribution >= 0.6 is 11.6 Å². The molecule has 0 aliphatic heterocycles. The average molecular weight is 389 g/mol. The lowest BCUT2D eigenvalue weighted by atomic mass is 10.2. The fourth-order valence-corrected chi connectivity index (χ4v) is 2.81. The van der Waals surface area contributed by atoms with E-state index in [1.54, 1.807) is 17.0 Å². The molecule has 0 spiro atoms. The molecule has 0 radical (unpaired) electrons. The van der Waals surface area contributed by atoms with Crippen LogP contribution in [-0.4, -0.2) is 47.8 Å². The maximum Gasteiger partial charge on any atom is 0.255 e. The second-order valence-electron chi connectivity index (χ2n) is 5.80. The highest BCUT2D eigenvalue weighted by Gasteiger charge is 2.14. The second kappa shape index (κ2) is 12.1. The minimum absolute atomic E-state index is 0.000556. The van der Waals surface area contributed by atoms with Crippen molar-refractivity contribution in [3.05, 3.63) is 70.7 Å². The van der Waals surface area contributed by atoms with Gasteiger partial charge in [-0.2, -0.15) is 0 Å². The molecule has 2 aromatic rings. The Hall–Kier alpha value is -2.33. The summed E-state index contributed by atoms with van der Waals surface area (Å²) in [4.78, 5) is 27.2. The van der Waals surface area contributed by atoms with Crippen molar-refractivity contribution in [2.75, 3.05) is 26.2 Å². The number of hydrogen-bond acceptors (Lipinski definition) is 2. The lowest BCUT2D eigenvalue weighted by Crippen LogP contribution is -2.30. The molecule has 4 nitrogen and oxygen atoms in total. The summed E-state index contributed by atoms with van der Waals surface area (Å²) in [6, 6.07) is 16.5. The highest BCUT2D eigenvalue weighted by Crippen LogP contribution is 2.16. The van der Waals surface area contributed by atoms with E-state index in [4.69, 9.17) is 11.6 Å². The number of hydrogen-bond donors (Lipinski definition) is 0. The summed E-state index contributed by atoms with van der Waals surface area (Å²) in [6.45, 7) is 10.8. The number of benzene rings is 2. The van der Waals surface area contributed by atoms with Gasteiger partial charge in [0.15, 0.2) is 0 Å². The van der Waals surface area contributed by atoms with E-state index >= 15 is 0 Å². The molecule has 0 aliphatic carbocycles. The van der Waals surface area contributed by atoms with Gasteiger partial charge >= 0.3 is 0 Å². The van der Waals surface area contributed by atoms with Crippen LogP contribution in [0.1, 0.15) is 48.4 Å². The Balaban J connectivity index is 0.000000271. The first-order valence-electron chi connectivity index (χ1n) is 9.38. The Kier molecular flexibility index (Phi) is 10.2. The second-order valence-corrected chi connectivity index (χ2v) is 6.21. The Morgan fingerprint density at radius 1 is 0.704 bits per heavy atom. The summed E-state index contributed by atoms with van der Waals surface area (Å²) in [5, 5.41) is 0.518. The quantitative estimate of drug-likeness (QED) is 0.699. The molecule has 0 N–H and O–H groups in total. The topological polar surface area (TPSA) is 40.6 Å². The first-order chi connectivity index (χ1) is 13.0. The predicted octanol–water partition coefficient (Wildman–Crippen LogP) is 4.99. The average Bonchev–Trinajstić information content (AvgIpc) is 2.71. The maximum atomic E-state index is 11.9. The van der Waals surface area contributed by atoms with Crippen LogP contribution in [0, 0.1) is 0 Å². The van der Waals surface area contributed by atoms with Crippen molar-refractivity contribution in [3.8, 4) is 0 Å². The number of carbonyl (C=O) groups excluding carboxylic acids is 2. The number of rotatable bonds is 6.